The van der Waals surface area contributed by atoms with Crippen LogP contribution < -0.4 is 0 Å². The highest BCUT2D eigenvalue weighted by atomic mass is 16.5. The number of likely N-dealkylation sites (tertiary alicyclic amines) is 2. The fourth-order valence-corrected chi connectivity index (χ4v) is 3.94. The van der Waals surface area contributed by atoms with E-state index in [4.69, 9.17) is 4.52 Å². The Labute approximate surface area is 146 Å². The van der Waals surface area contributed by atoms with Gasteiger partial charge in [0.15, 0.2) is 0 Å². The van der Waals surface area contributed by atoms with Crippen molar-refractivity contribution in [1.82, 2.24) is 15.0 Å². The van der Waals surface area contributed by atoms with Crippen molar-refractivity contribution in [3.8, 4) is 11.3 Å². The zero-order valence-electron chi connectivity index (χ0n) is 14.4. The maximum absolute atomic E-state index is 13.2. The van der Waals surface area contributed by atoms with Crippen molar-refractivity contribution in [3.63, 3.8) is 0 Å². The normalized spacial score (nSPS) is 23.0. The van der Waals surface area contributed by atoms with E-state index in [1.54, 1.807) is 16.7 Å². The Morgan fingerprint density at radius 1 is 1.24 bits per heavy atom. The second kappa shape index (κ2) is 6.02. The quantitative estimate of drug-likeness (QED) is 0.841. The summed E-state index contributed by atoms with van der Waals surface area (Å²) in [5, 5.41) is 4.10. The Morgan fingerprint density at radius 2 is 2.00 bits per heavy atom. The molecule has 0 N–H and O–H groups in total. The molecule has 0 aliphatic carbocycles. The molecule has 3 heterocycles. The van der Waals surface area contributed by atoms with Crippen LogP contribution in [-0.4, -0.2) is 53.5 Å². The van der Waals surface area contributed by atoms with E-state index in [-0.39, 0.29) is 23.7 Å². The predicted octanol–water partition coefficient (Wildman–Crippen LogP) is 2.20. The Bertz CT molecular complexity index is 815. The minimum Gasteiger partial charge on any atom is -0.360 e. The first-order chi connectivity index (χ1) is 12.1. The molecule has 2 aliphatic heterocycles. The zero-order valence-corrected chi connectivity index (χ0v) is 14.4. The molecule has 0 saturated carbocycles. The number of fused-ring (bicyclic) bond motifs is 1. The molecule has 1 aromatic heterocycles. The molecule has 1 aromatic carbocycles. The van der Waals surface area contributed by atoms with Gasteiger partial charge in [0.1, 0.15) is 17.0 Å². The summed E-state index contributed by atoms with van der Waals surface area (Å²) in [7, 11) is 1.83. The van der Waals surface area contributed by atoms with Crippen LogP contribution >= 0.6 is 0 Å². The monoisotopic (exact) mass is 339 g/mol. The van der Waals surface area contributed by atoms with Crippen LogP contribution in [-0.2, 0) is 4.79 Å². The molecule has 2 fully saturated rings. The van der Waals surface area contributed by atoms with E-state index >= 15 is 0 Å². The molecule has 2 atom stereocenters. The molecule has 2 aromatic rings. The fraction of sp³-hybridized carbons (Fsp3) is 0.421. The highest BCUT2D eigenvalue weighted by Crippen LogP contribution is 2.34. The first kappa shape index (κ1) is 15.9. The van der Waals surface area contributed by atoms with Crippen molar-refractivity contribution >= 4 is 11.8 Å². The molecule has 0 spiro atoms. The van der Waals surface area contributed by atoms with Crippen LogP contribution in [0.4, 0.5) is 0 Å². The van der Waals surface area contributed by atoms with Gasteiger partial charge < -0.3 is 14.3 Å². The van der Waals surface area contributed by atoms with Gasteiger partial charge in [-0.2, -0.15) is 0 Å². The van der Waals surface area contributed by atoms with Crippen molar-refractivity contribution < 1.29 is 14.1 Å². The van der Waals surface area contributed by atoms with Gasteiger partial charge in [-0.3, -0.25) is 9.59 Å². The maximum Gasteiger partial charge on any atom is 0.259 e. The first-order valence-electron chi connectivity index (χ1n) is 8.62. The lowest BCUT2D eigenvalue weighted by atomic mass is 9.88. The van der Waals surface area contributed by atoms with Crippen molar-refractivity contribution in [1.29, 1.82) is 0 Å². The van der Waals surface area contributed by atoms with Crippen molar-refractivity contribution in [3.05, 3.63) is 41.7 Å². The lowest BCUT2D eigenvalue weighted by Gasteiger charge is -2.30. The van der Waals surface area contributed by atoms with Crippen molar-refractivity contribution in [2.45, 2.75) is 13.3 Å². The van der Waals surface area contributed by atoms with Crippen LogP contribution in [0, 0.1) is 18.8 Å². The number of piperidine rings is 1. The summed E-state index contributed by atoms with van der Waals surface area (Å²) < 4.78 is 5.31. The summed E-state index contributed by atoms with van der Waals surface area (Å²) in [5.41, 5.74) is 1.93. The van der Waals surface area contributed by atoms with Gasteiger partial charge in [-0.25, -0.2) is 0 Å². The first-order valence-corrected chi connectivity index (χ1v) is 8.62. The van der Waals surface area contributed by atoms with Crippen LogP contribution in [0.1, 0.15) is 22.5 Å². The number of aryl methyl sites for hydroxylation is 1. The molecule has 130 valence electrons. The molecule has 2 aliphatic rings. The minimum absolute atomic E-state index is 0.0805. The highest BCUT2D eigenvalue weighted by Gasteiger charge is 2.44. The second-order valence-corrected chi connectivity index (χ2v) is 6.95. The van der Waals surface area contributed by atoms with Gasteiger partial charge in [-0.15, -0.1) is 0 Å². The Balaban J connectivity index is 1.63. The SMILES string of the molecule is Cc1onc(-c2ccccc2)c1C(=O)N1C[C@H]2CCN(C)C(=O)[C@H]2C1. The molecule has 2 amide bonds. The van der Waals surface area contributed by atoms with Gasteiger partial charge in [0, 0.05) is 32.2 Å². The van der Waals surface area contributed by atoms with E-state index in [2.05, 4.69) is 5.16 Å². The number of aromatic nitrogens is 1. The van der Waals surface area contributed by atoms with E-state index in [1.165, 1.54) is 0 Å². The predicted molar refractivity (Wildman–Crippen MR) is 91.8 cm³/mol. The number of rotatable bonds is 2. The Hall–Kier alpha value is -2.63. The van der Waals surface area contributed by atoms with E-state index in [0.29, 0.717) is 30.1 Å². The van der Waals surface area contributed by atoms with Crippen LogP contribution in [0.2, 0.25) is 0 Å². The summed E-state index contributed by atoms with van der Waals surface area (Å²) in [4.78, 5) is 29.1. The Kier molecular flexibility index (Phi) is 3.82. The van der Waals surface area contributed by atoms with Crippen LogP contribution in [0.3, 0.4) is 0 Å². The third-order valence-corrected chi connectivity index (χ3v) is 5.38. The number of carbonyl (C=O) groups is 2. The number of nitrogens with zero attached hydrogens (tertiary/aromatic N) is 3. The highest BCUT2D eigenvalue weighted by molar-refractivity contribution is 6.01. The Morgan fingerprint density at radius 3 is 2.76 bits per heavy atom. The molecule has 4 rings (SSSR count). The van der Waals surface area contributed by atoms with Gasteiger partial charge >= 0.3 is 0 Å². The van der Waals surface area contributed by atoms with Crippen molar-refractivity contribution in [2.75, 3.05) is 26.7 Å². The number of hydrogen-bond acceptors (Lipinski definition) is 4. The van der Waals surface area contributed by atoms with Crippen LogP contribution in [0.15, 0.2) is 34.9 Å². The summed E-state index contributed by atoms with van der Waals surface area (Å²) in [6.07, 6.45) is 0.949. The molecule has 6 heteroatoms. The molecule has 6 nitrogen and oxygen atoms in total. The number of carbonyl (C=O) groups excluding carboxylic acids is 2. The summed E-state index contributed by atoms with van der Waals surface area (Å²) in [6, 6.07) is 9.57. The molecule has 2 saturated heterocycles. The third-order valence-electron chi connectivity index (χ3n) is 5.38. The fourth-order valence-electron chi connectivity index (χ4n) is 3.94. The molecule has 0 unspecified atom stereocenters. The van der Waals surface area contributed by atoms with Gasteiger partial charge in [0.25, 0.3) is 5.91 Å². The van der Waals surface area contributed by atoms with Crippen molar-refractivity contribution in [2.24, 2.45) is 11.8 Å². The average Bonchev–Trinajstić information content (AvgIpc) is 3.23. The van der Waals surface area contributed by atoms with E-state index < -0.39 is 0 Å². The van der Waals surface area contributed by atoms with Gasteiger partial charge in [0.2, 0.25) is 5.91 Å². The number of benzene rings is 1. The van der Waals surface area contributed by atoms with Crippen LogP contribution in [0.25, 0.3) is 11.3 Å². The van der Waals surface area contributed by atoms with E-state index in [9.17, 15) is 9.59 Å². The third kappa shape index (κ3) is 2.62. The van der Waals surface area contributed by atoms with Crippen LogP contribution in [0.5, 0.6) is 0 Å². The molecule has 25 heavy (non-hydrogen) atoms. The van der Waals surface area contributed by atoms with Gasteiger partial charge in [0.05, 0.1) is 5.92 Å². The van der Waals surface area contributed by atoms with Gasteiger partial charge in [-0.1, -0.05) is 35.5 Å². The number of hydrogen-bond donors (Lipinski definition) is 0. The average molecular weight is 339 g/mol. The minimum atomic E-state index is -0.0949. The summed E-state index contributed by atoms with van der Waals surface area (Å²) in [5.74, 6) is 0.748. The molecule has 0 bridgehead atoms. The molecular formula is C19H21N3O3. The van der Waals surface area contributed by atoms with E-state index in [1.807, 2.05) is 37.4 Å². The summed E-state index contributed by atoms with van der Waals surface area (Å²) >= 11 is 0. The number of amides is 2. The molecular weight excluding hydrogens is 318 g/mol. The maximum atomic E-state index is 13.2. The lowest BCUT2D eigenvalue weighted by Crippen LogP contribution is -2.42. The van der Waals surface area contributed by atoms with E-state index in [0.717, 1.165) is 18.5 Å². The largest absolute Gasteiger partial charge is 0.360 e. The summed E-state index contributed by atoms with van der Waals surface area (Å²) in [6.45, 7) is 3.63. The zero-order chi connectivity index (χ0) is 17.6. The lowest BCUT2D eigenvalue weighted by molar-refractivity contribution is -0.137. The smallest absolute Gasteiger partial charge is 0.259 e. The van der Waals surface area contributed by atoms with Gasteiger partial charge in [-0.05, 0) is 19.3 Å². The topological polar surface area (TPSA) is 66.7 Å². The standard InChI is InChI=1S/C19H21N3O3/c1-12-16(17(20-25-12)13-6-4-3-5-7-13)19(24)22-10-14-8-9-21(2)18(23)15(14)11-22/h3-7,14-15H,8-11H2,1-2H3/t14-,15+/m1/s1. The second-order valence-electron chi connectivity index (χ2n) is 6.95. The molecule has 0 radical (unpaired) electrons.